The van der Waals surface area contributed by atoms with Crippen molar-refractivity contribution in [3.05, 3.63) is 18.2 Å². The number of hydrogen-bond donors (Lipinski definition) is 2. The Bertz CT molecular complexity index is 388. The molecular formula is C12H20N4O. The average Bonchev–Trinajstić information content (AvgIpc) is 2.86. The quantitative estimate of drug-likeness (QED) is 0.802. The molecule has 5 nitrogen and oxygen atoms in total. The zero-order valence-corrected chi connectivity index (χ0v) is 10.2. The van der Waals surface area contributed by atoms with Crippen LogP contribution in [0, 0.1) is 5.92 Å². The topological polar surface area (TPSA) is 72.9 Å². The maximum Gasteiger partial charge on any atom is 0.220 e. The summed E-state index contributed by atoms with van der Waals surface area (Å²) in [5.41, 5.74) is 5.95. The number of hydrogen-bond acceptors (Lipinski definition) is 3. The number of imidazole rings is 1. The van der Waals surface area contributed by atoms with Crippen LogP contribution in [0.4, 0.5) is 0 Å². The third kappa shape index (κ3) is 3.06. The van der Waals surface area contributed by atoms with Gasteiger partial charge in [0.1, 0.15) is 5.82 Å². The van der Waals surface area contributed by atoms with Crippen LogP contribution in [0.5, 0.6) is 0 Å². The number of nitrogens with zero attached hydrogens (tertiary/aromatic N) is 2. The fraction of sp³-hybridized carbons (Fsp3) is 0.667. The van der Waals surface area contributed by atoms with Crippen molar-refractivity contribution in [2.24, 2.45) is 18.7 Å². The number of nitrogens with one attached hydrogen (secondary N) is 1. The summed E-state index contributed by atoms with van der Waals surface area (Å²) in [6, 6.07) is 0.203. The first kappa shape index (κ1) is 12.1. The van der Waals surface area contributed by atoms with Crippen LogP contribution in [0.1, 0.15) is 31.5 Å². The third-order valence-electron chi connectivity index (χ3n) is 3.53. The van der Waals surface area contributed by atoms with Crippen molar-refractivity contribution in [2.45, 2.75) is 38.3 Å². The molecule has 5 heteroatoms. The van der Waals surface area contributed by atoms with Gasteiger partial charge in [0.15, 0.2) is 0 Å². The molecule has 3 N–H and O–H groups in total. The highest BCUT2D eigenvalue weighted by atomic mass is 16.1. The normalized spacial score (nSPS) is 23.9. The lowest BCUT2D eigenvalue weighted by molar-refractivity contribution is -0.122. The second-order valence-electron chi connectivity index (χ2n) is 4.79. The SMILES string of the molecule is Cn1ccnc1CNC(=O)C[C@@H]1CCC[C@H]1N. The van der Waals surface area contributed by atoms with Gasteiger partial charge in [-0.3, -0.25) is 4.79 Å². The summed E-state index contributed by atoms with van der Waals surface area (Å²) in [4.78, 5) is 15.9. The van der Waals surface area contributed by atoms with Crippen molar-refractivity contribution in [1.29, 1.82) is 0 Å². The van der Waals surface area contributed by atoms with Crippen LogP contribution in [0.25, 0.3) is 0 Å². The summed E-state index contributed by atoms with van der Waals surface area (Å²) in [6.45, 7) is 0.490. The summed E-state index contributed by atoms with van der Waals surface area (Å²) in [5.74, 6) is 1.31. The summed E-state index contributed by atoms with van der Waals surface area (Å²) < 4.78 is 1.90. The van der Waals surface area contributed by atoms with Gasteiger partial charge < -0.3 is 15.6 Å². The highest BCUT2D eigenvalue weighted by Crippen LogP contribution is 2.26. The van der Waals surface area contributed by atoms with Crippen molar-refractivity contribution in [3.63, 3.8) is 0 Å². The van der Waals surface area contributed by atoms with E-state index in [4.69, 9.17) is 5.73 Å². The molecule has 0 radical (unpaired) electrons. The van der Waals surface area contributed by atoms with Gasteiger partial charge in [0.2, 0.25) is 5.91 Å². The molecule has 17 heavy (non-hydrogen) atoms. The standard InChI is InChI=1S/C12H20N4O/c1-16-6-5-14-11(16)8-15-12(17)7-9-3-2-4-10(9)13/h5-6,9-10H,2-4,7-8,13H2,1H3,(H,15,17)/t9-,10+/m0/s1. The van der Waals surface area contributed by atoms with Crippen molar-refractivity contribution < 1.29 is 4.79 Å². The van der Waals surface area contributed by atoms with Gasteiger partial charge in [-0.25, -0.2) is 4.98 Å². The smallest absolute Gasteiger partial charge is 0.220 e. The van der Waals surface area contributed by atoms with Crippen LogP contribution < -0.4 is 11.1 Å². The van der Waals surface area contributed by atoms with Gasteiger partial charge in [0.05, 0.1) is 6.54 Å². The first-order chi connectivity index (χ1) is 8.16. The molecule has 1 amide bonds. The van der Waals surface area contributed by atoms with Gasteiger partial charge in [-0.05, 0) is 18.8 Å². The Kier molecular flexibility index (Phi) is 3.78. The monoisotopic (exact) mass is 236 g/mol. The van der Waals surface area contributed by atoms with Crippen LogP contribution in [0.3, 0.4) is 0 Å². The largest absolute Gasteiger partial charge is 0.349 e. The predicted molar refractivity (Wildman–Crippen MR) is 65.0 cm³/mol. The average molecular weight is 236 g/mol. The molecule has 0 unspecified atom stereocenters. The zero-order valence-electron chi connectivity index (χ0n) is 10.2. The van der Waals surface area contributed by atoms with E-state index in [1.807, 2.05) is 17.8 Å². The van der Waals surface area contributed by atoms with Crippen molar-refractivity contribution in [3.8, 4) is 0 Å². The lowest BCUT2D eigenvalue weighted by atomic mass is 10.00. The summed E-state index contributed by atoms with van der Waals surface area (Å²) in [6.07, 6.45) is 7.43. The Morgan fingerprint density at radius 1 is 1.65 bits per heavy atom. The molecular weight excluding hydrogens is 216 g/mol. The molecule has 1 fully saturated rings. The van der Waals surface area contributed by atoms with Crippen molar-refractivity contribution in [2.75, 3.05) is 0 Å². The van der Waals surface area contributed by atoms with Crippen LogP contribution in [0.15, 0.2) is 12.4 Å². The van der Waals surface area contributed by atoms with Gasteiger partial charge >= 0.3 is 0 Å². The summed E-state index contributed by atoms with van der Waals surface area (Å²) >= 11 is 0. The van der Waals surface area contributed by atoms with Crippen LogP contribution in [0.2, 0.25) is 0 Å². The number of carbonyl (C=O) groups is 1. The molecule has 1 heterocycles. The Morgan fingerprint density at radius 2 is 2.47 bits per heavy atom. The number of carbonyl (C=O) groups excluding carboxylic acids is 1. The van der Waals surface area contributed by atoms with Gasteiger partial charge in [0, 0.05) is 31.9 Å². The van der Waals surface area contributed by atoms with E-state index in [-0.39, 0.29) is 11.9 Å². The van der Waals surface area contributed by atoms with E-state index in [1.54, 1.807) is 6.20 Å². The fourth-order valence-corrected chi connectivity index (χ4v) is 2.37. The minimum absolute atomic E-state index is 0.0790. The summed E-state index contributed by atoms with van der Waals surface area (Å²) in [7, 11) is 1.92. The molecule has 2 atom stereocenters. The predicted octanol–water partition coefficient (Wildman–Crippen LogP) is 0.554. The van der Waals surface area contributed by atoms with E-state index in [9.17, 15) is 4.79 Å². The molecule has 0 saturated heterocycles. The minimum Gasteiger partial charge on any atom is -0.349 e. The molecule has 1 aliphatic rings. The van der Waals surface area contributed by atoms with E-state index in [0.29, 0.717) is 18.9 Å². The van der Waals surface area contributed by atoms with Gasteiger partial charge in [-0.2, -0.15) is 0 Å². The second-order valence-corrected chi connectivity index (χ2v) is 4.79. The first-order valence-corrected chi connectivity index (χ1v) is 6.15. The Balaban J connectivity index is 1.76. The highest BCUT2D eigenvalue weighted by Gasteiger charge is 2.25. The van der Waals surface area contributed by atoms with Crippen molar-refractivity contribution in [1.82, 2.24) is 14.9 Å². The van der Waals surface area contributed by atoms with E-state index in [0.717, 1.165) is 25.1 Å². The Hall–Kier alpha value is -1.36. The van der Waals surface area contributed by atoms with Gasteiger partial charge in [-0.15, -0.1) is 0 Å². The number of nitrogens with two attached hydrogens (primary N) is 1. The molecule has 94 valence electrons. The van der Waals surface area contributed by atoms with Gasteiger partial charge in [-0.1, -0.05) is 6.42 Å². The maximum absolute atomic E-state index is 11.7. The van der Waals surface area contributed by atoms with E-state index in [1.165, 1.54) is 0 Å². The van der Waals surface area contributed by atoms with Crippen molar-refractivity contribution >= 4 is 5.91 Å². The molecule has 0 bridgehead atoms. The number of rotatable bonds is 4. The van der Waals surface area contributed by atoms with E-state index < -0.39 is 0 Å². The van der Waals surface area contributed by atoms with E-state index in [2.05, 4.69) is 10.3 Å². The highest BCUT2D eigenvalue weighted by molar-refractivity contribution is 5.76. The molecule has 1 saturated carbocycles. The first-order valence-electron chi connectivity index (χ1n) is 6.15. The van der Waals surface area contributed by atoms with E-state index >= 15 is 0 Å². The van der Waals surface area contributed by atoms with Gasteiger partial charge in [0.25, 0.3) is 0 Å². The molecule has 1 aromatic heterocycles. The summed E-state index contributed by atoms with van der Waals surface area (Å²) in [5, 5.41) is 2.90. The van der Waals surface area contributed by atoms with Crippen LogP contribution in [-0.4, -0.2) is 21.5 Å². The number of aromatic nitrogens is 2. The molecule has 2 rings (SSSR count). The molecule has 0 aromatic carbocycles. The lowest BCUT2D eigenvalue weighted by Gasteiger charge is -2.14. The second kappa shape index (κ2) is 5.31. The zero-order chi connectivity index (χ0) is 12.3. The Labute approximate surface area is 101 Å². The Morgan fingerprint density at radius 3 is 3.06 bits per heavy atom. The lowest BCUT2D eigenvalue weighted by Crippen LogP contribution is -2.31. The third-order valence-corrected chi connectivity index (χ3v) is 3.53. The molecule has 0 aliphatic heterocycles. The fourth-order valence-electron chi connectivity index (χ4n) is 2.37. The number of amides is 1. The van der Waals surface area contributed by atoms with Crippen LogP contribution in [-0.2, 0) is 18.4 Å². The molecule has 1 aliphatic carbocycles. The van der Waals surface area contributed by atoms with Crippen LogP contribution >= 0.6 is 0 Å². The molecule has 0 spiro atoms. The number of aryl methyl sites for hydroxylation is 1. The minimum atomic E-state index is 0.0790. The molecule has 1 aromatic rings. The maximum atomic E-state index is 11.7.